The van der Waals surface area contributed by atoms with Crippen molar-refractivity contribution in [1.29, 1.82) is 0 Å². The molecule has 1 atom stereocenters. The van der Waals surface area contributed by atoms with Crippen molar-refractivity contribution in [3.63, 3.8) is 0 Å². The van der Waals surface area contributed by atoms with Crippen molar-refractivity contribution < 1.29 is 9.26 Å². The Bertz CT molecular complexity index is 482. The summed E-state index contributed by atoms with van der Waals surface area (Å²) in [5.74, 6) is 1.44. The molecule has 1 aromatic heterocycles. The molecule has 1 aliphatic rings. The Kier molecular flexibility index (Phi) is 2.80. The predicted molar refractivity (Wildman–Crippen MR) is 62.9 cm³/mol. The van der Waals surface area contributed by atoms with E-state index in [4.69, 9.17) is 9.26 Å². The quantitative estimate of drug-likeness (QED) is 0.872. The molecule has 0 saturated carbocycles. The zero-order valence-electron chi connectivity index (χ0n) is 9.43. The fourth-order valence-corrected chi connectivity index (χ4v) is 2.10. The molecule has 4 heteroatoms. The van der Waals surface area contributed by atoms with Gasteiger partial charge in [0.05, 0.1) is 12.3 Å². The minimum Gasteiger partial charge on any atom is -0.493 e. The topological polar surface area (TPSA) is 47.3 Å². The summed E-state index contributed by atoms with van der Waals surface area (Å²) in [6.45, 7) is 2.38. The van der Waals surface area contributed by atoms with Crippen LogP contribution in [0.25, 0.3) is 0 Å². The number of hydrogen-bond donors (Lipinski definition) is 1. The molecule has 0 amide bonds. The van der Waals surface area contributed by atoms with Crippen molar-refractivity contribution >= 4 is 0 Å². The summed E-state index contributed by atoms with van der Waals surface area (Å²) >= 11 is 0. The number of rotatable bonds is 4. The first-order valence-electron chi connectivity index (χ1n) is 5.75. The number of nitrogens with one attached hydrogen (secondary N) is 1. The van der Waals surface area contributed by atoms with Gasteiger partial charge in [0.2, 0.25) is 0 Å². The third-order valence-electron chi connectivity index (χ3n) is 2.99. The van der Waals surface area contributed by atoms with Crippen LogP contribution in [0.5, 0.6) is 5.75 Å². The highest BCUT2D eigenvalue weighted by atomic mass is 16.5. The third-order valence-corrected chi connectivity index (χ3v) is 2.99. The summed E-state index contributed by atoms with van der Waals surface area (Å²) in [4.78, 5) is 0. The standard InChI is InChI=1S/C13H14N2O2/c1-2-4-13-12(3-1)10(9-16-13)7-14-8-11-5-6-17-15-11/h1-6,10,14H,7-9H2. The highest BCUT2D eigenvalue weighted by Crippen LogP contribution is 2.32. The Hall–Kier alpha value is -1.81. The summed E-state index contributed by atoms with van der Waals surface area (Å²) in [6.07, 6.45) is 1.59. The lowest BCUT2D eigenvalue weighted by Crippen LogP contribution is -2.22. The van der Waals surface area contributed by atoms with E-state index in [9.17, 15) is 0 Å². The average molecular weight is 230 g/mol. The van der Waals surface area contributed by atoms with Gasteiger partial charge in [0.25, 0.3) is 0 Å². The largest absolute Gasteiger partial charge is 0.493 e. The first kappa shape index (κ1) is 10.4. The van der Waals surface area contributed by atoms with Gasteiger partial charge in [-0.25, -0.2) is 0 Å². The van der Waals surface area contributed by atoms with E-state index >= 15 is 0 Å². The fraction of sp³-hybridized carbons (Fsp3) is 0.308. The Balaban J connectivity index is 1.57. The molecule has 1 aliphatic heterocycles. The van der Waals surface area contributed by atoms with Gasteiger partial charge in [0, 0.05) is 30.6 Å². The van der Waals surface area contributed by atoms with Gasteiger partial charge in [0.15, 0.2) is 0 Å². The number of aromatic nitrogens is 1. The van der Waals surface area contributed by atoms with Gasteiger partial charge in [-0.05, 0) is 6.07 Å². The summed E-state index contributed by atoms with van der Waals surface area (Å²) in [7, 11) is 0. The first-order chi connectivity index (χ1) is 8.43. The van der Waals surface area contributed by atoms with E-state index in [1.54, 1.807) is 6.26 Å². The van der Waals surface area contributed by atoms with E-state index in [2.05, 4.69) is 22.6 Å². The molecule has 2 heterocycles. The summed E-state index contributed by atoms with van der Waals surface area (Å²) < 4.78 is 10.4. The van der Waals surface area contributed by atoms with Crippen LogP contribution >= 0.6 is 0 Å². The zero-order valence-corrected chi connectivity index (χ0v) is 9.43. The second kappa shape index (κ2) is 4.59. The van der Waals surface area contributed by atoms with Crippen molar-refractivity contribution in [2.45, 2.75) is 12.5 Å². The zero-order chi connectivity index (χ0) is 11.5. The van der Waals surface area contributed by atoms with Crippen LogP contribution in [0, 0.1) is 0 Å². The molecule has 0 spiro atoms. The molecule has 0 saturated heterocycles. The summed E-state index contributed by atoms with van der Waals surface area (Å²) in [5.41, 5.74) is 2.22. The molecule has 0 radical (unpaired) electrons. The Morgan fingerprint density at radius 2 is 2.24 bits per heavy atom. The third kappa shape index (κ3) is 2.17. The molecule has 2 aromatic rings. The number of hydrogen-bond acceptors (Lipinski definition) is 4. The molecule has 88 valence electrons. The monoisotopic (exact) mass is 230 g/mol. The minimum absolute atomic E-state index is 0.429. The highest BCUT2D eigenvalue weighted by molar-refractivity contribution is 5.39. The van der Waals surface area contributed by atoms with Crippen LogP contribution in [-0.2, 0) is 6.54 Å². The van der Waals surface area contributed by atoms with Crippen LogP contribution in [-0.4, -0.2) is 18.3 Å². The van der Waals surface area contributed by atoms with Crippen LogP contribution in [0.3, 0.4) is 0 Å². The van der Waals surface area contributed by atoms with E-state index in [0.29, 0.717) is 5.92 Å². The number of benzene rings is 1. The fourth-order valence-electron chi connectivity index (χ4n) is 2.10. The van der Waals surface area contributed by atoms with E-state index in [1.165, 1.54) is 5.56 Å². The number of ether oxygens (including phenoxy) is 1. The predicted octanol–water partition coefficient (Wildman–Crippen LogP) is 1.94. The number of nitrogens with zero attached hydrogens (tertiary/aromatic N) is 1. The average Bonchev–Trinajstić information content (AvgIpc) is 2.99. The molecule has 0 bridgehead atoms. The van der Waals surface area contributed by atoms with Crippen molar-refractivity contribution in [3.05, 3.63) is 47.9 Å². The SMILES string of the molecule is c1ccc2c(c1)OCC2CNCc1ccon1. The molecule has 1 N–H and O–H groups in total. The Morgan fingerprint density at radius 3 is 3.12 bits per heavy atom. The molecule has 4 nitrogen and oxygen atoms in total. The van der Waals surface area contributed by atoms with Gasteiger partial charge < -0.3 is 14.6 Å². The van der Waals surface area contributed by atoms with Gasteiger partial charge in [-0.2, -0.15) is 0 Å². The Labute approximate surface area is 99.6 Å². The van der Waals surface area contributed by atoms with Gasteiger partial charge >= 0.3 is 0 Å². The lowest BCUT2D eigenvalue weighted by molar-refractivity contribution is 0.325. The van der Waals surface area contributed by atoms with E-state index in [-0.39, 0.29) is 0 Å². The minimum atomic E-state index is 0.429. The van der Waals surface area contributed by atoms with Crippen LogP contribution in [0.2, 0.25) is 0 Å². The van der Waals surface area contributed by atoms with Crippen LogP contribution < -0.4 is 10.1 Å². The second-order valence-electron chi connectivity index (χ2n) is 4.17. The van der Waals surface area contributed by atoms with E-state index in [1.807, 2.05) is 18.2 Å². The van der Waals surface area contributed by atoms with Gasteiger partial charge in [-0.3, -0.25) is 0 Å². The van der Waals surface area contributed by atoms with Crippen molar-refractivity contribution in [3.8, 4) is 5.75 Å². The van der Waals surface area contributed by atoms with Crippen molar-refractivity contribution in [2.75, 3.05) is 13.2 Å². The molecular weight excluding hydrogens is 216 g/mol. The number of fused-ring (bicyclic) bond motifs is 1. The lowest BCUT2D eigenvalue weighted by atomic mass is 10.0. The van der Waals surface area contributed by atoms with Gasteiger partial charge in [0.1, 0.15) is 12.0 Å². The highest BCUT2D eigenvalue weighted by Gasteiger charge is 2.22. The van der Waals surface area contributed by atoms with Crippen LogP contribution in [0.15, 0.2) is 41.1 Å². The second-order valence-corrected chi connectivity index (χ2v) is 4.17. The van der Waals surface area contributed by atoms with Crippen molar-refractivity contribution in [1.82, 2.24) is 10.5 Å². The van der Waals surface area contributed by atoms with Gasteiger partial charge in [-0.15, -0.1) is 0 Å². The maximum absolute atomic E-state index is 5.62. The normalized spacial score (nSPS) is 17.8. The van der Waals surface area contributed by atoms with Crippen LogP contribution in [0.4, 0.5) is 0 Å². The van der Waals surface area contributed by atoms with E-state index in [0.717, 1.165) is 31.1 Å². The number of para-hydroxylation sites is 1. The van der Waals surface area contributed by atoms with Crippen LogP contribution in [0.1, 0.15) is 17.2 Å². The molecule has 17 heavy (non-hydrogen) atoms. The summed E-state index contributed by atoms with van der Waals surface area (Å²) in [6, 6.07) is 10.1. The maximum Gasteiger partial charge on any atom is 0.124 e. The first-order valence-corrected chi connectivity index (χ1v) is 5.75. The molecule has 0 fully saturated rings. The molecule has 1 unspecified atom stereocenters. The molecule has 1 aromatic carbocycles. The smallest absolute Gasteiger partial charge is 0.124 e. The Morgan fingerprint density at radius 1 is 1.29 bits per heavy atom. The van der Waals surface area contributed by atoms with Crippen molar-refractivity contribution in [2.24, 2.45) is 0 Å². The maximum atomic E-state index is 5.62. The van der Waals surface area contributed by atoms with E-state index < -0.39 is 0 Å². The lowest BCUT2D eigenvalue weighted by Gasteiger charge is -2.09. The summed E-state index contributed by atoms with van der Waals surface area (Å²) in [5, 5.41) is 7.22. The molecular formula is C13H14N2O2. The molecule has 3 rings (SSSR count). The van der Waals surface area contributed by atoms with Gasteiger partial charge in [-0.1, -0.05) is 23.4 Å². The molecule has 0 aliphatic carbocycles.